The molecule has 1 aromatic heterocycles. The van der Waals surface area contributed by atoms with Gasteiger partial charge in [0.1, 0.15) is 5.69 Å². The lowest BCUT2D eigenvalue weighted by molar-refractivity contribution is -0.484. The largest absolute Gasteiger partial charge is 0.433 e. The molecule has 0 bridgehead atoms. The number of para-hydroxylation sites is 1. The smallest absolute Gasteiger partial charge is 0.292 e. The quantitative estimate of drug-likeness (QED) is 0.766. The van der Waals surface area contributed by atoms with E-state index in [0.29, 0.717) is 6.73 Å². The molecule has 0 N–H and O–H groups in total. The number of hydrogen-bond acceptors (Lipinski definition) is 2. The van der Waals surface area contributed by atoms with Crippen molar-refractivity contribution in [2.24, 2.45) is 0 Å². The van der Waals surface area contributed by atoms with Gasteiger partial charge in [0, 0.05) is 31.3 Å². The van der Waals surface area contributed by atoms with Crippen LogP contribution in [0.2, 0.25) is 0 Å². The minimum absolute atomic E-state index is 0.512. The monoisotopic (exact) mass is 251 g/mol. The standard InChI is InChI=1S/C16H15N2O/c1-13-11-16(15-9-5-6-10-17-15)19-12-18(13)14-7-3-2-4-8-14/h2-11H,12H2,1H3/q+1. The normalized spacial score (nSPS) is 14.9. The minimum Gasteiger partial charge on any atom is -0.433 e. The highest BCUT2D eigenvalue weighted by atomic mass is 16.5. The van der Waals surface area contributed by atoms with Crippen LogP contribution in [0, 0.1) is 0 Å². The van der Waals surface area contributed by atoms with Crippen molar-refractivity contribution in [3.05, 3.63) is 66.5 Å². The minimum atomic E-state index is 0.512. The average molecular weight is 251 g/mol. The van der Waals surface area contributed by atoms with Gasteiger partial charge in [-0.1, -0.05) is 24.3 Å². The van der Waals surface area contributed by atoms with E-state index in [1.54, 1.807) is 6.20 Å². The molecule has 2 heterocycles. The molecule has 0 unspecified atom stereocenters. The van der Waals surface area contributed by atoms with Gasteiger partial charge in [0.25, 0.3) is 6.73 Å². The van der Waals surface area contributed by atoms with Gasteiger partial charge in [-0.25, -0.2) is 0 Å². The van der Waals surface area contributed by atoms with Crippen molar-refractivity contribution in [3.8, 4) is 0 Å². The van der Waals surface area contributed by atoms with Gasteiger partial charge in [-0.3, -0.25) is 4.98 Å². The second-order valence-electron chi connectivity index (χ2n) is 4.40. The Kier molecular flexibility index (Phi) is 3.11. The maximum Gasteiger partial charge on any atom is 0.292 e. The summed E-state index contributed by atoms with van der Waals surface area (Å²) in [6, 6.07) is 16.0. The molecule has 0 spiro atoms. The zero-order valence-corrected chi connectivity index (χ0v) is 10.8. The second kappa shape index (κ2) is 5.06. The first kappa shape index (κ1) is 11.7. The number of aromatic nitrogens is 1. The Balaban J connectivity index is 1.97. The van der Waals surface area contributed by atoms with E-state index in [1.807, 2.05) is 42.5 Å². The molecule has 0 saturated heterocycles. The number of ether oxygens (including phenoxy) is 1. The molecule has 1 aromatic carbocycles. The molecule has 19 heavy (non-hydrogen) atoms. The fourth-order valence-corrected chi connectivity index (χ4v) is 2.09. The summed E-state index contributed by atoms with van der Waals surface area (Å²) in [6.07, 6.45) is 3.80. The summed E-state index contributed by atoms with van der Waals surface area (Å²) in [6.45, 7) is 2.59. The van der Waals surface area contributed by atoms with Crippen LogP contribution in [-0.2, 0) is 4.74 Å². The van der Waals surface area contributed by atoms with Crippen LogP contribution in [0.3, 0.4) is 0 Å². The summed E-state index contributed by atoms with van der Waals surface area (Å²) < 4.78 is 7.94. The van der Waals surface area contributed by atoms with Crippen LogP contribution in [0.25, 0.3) is 5.76 Å². The Bertz CT molecular complexity index is 630. The van der Waals surface area contributed by atoms with Gasteiger partial charge in [-0.05, 0) is 12.1 Å². The lowest BCUT2D eigenvalue weighted by Crippen LogP contribution is -2.21. The second-order valence-corrected chi connectivity index (χ2v) is 4.40. The van der Waals surface area contributed by atoms with Crippen molar-refractivity contribution < 1.29 is 9.31 Å². The third kappa shape index (κ3) is 2.40. The van der Waals surface area contributed by atoms with Gasteiger partial charge in [0.05, 0.1) is 0 Å². The first-order valence-corrected chi connectivity index (χ1v) is 6.26. The number of rotatable bonds is 2. The van der Waals surface area contributed by atoms with Crippen LogP contribution in [-0.4, -0.2) is 22.0 Å². The maximum absolute atomic E-state index is 5.81. The molecule has 1 aliphatic heterocycles. The molecule has 2 aromatic rings. The van der Waals surface area contributed by atoms with Crippen LogP contribution in [0.1, 0.15) is 12.6 Å². The predicted molar refractivity (Wildman–Crippen MR) is 75.2 cm³/mol. The van der Waals surface area contributed by atoms with Crippen molar-refractivity contribution in [2.75, 3.05) is 6.73 Å². The fourth-order valence-electron chi connectivity index (χ4n) is 2.09. The molecule has 0 saturated carbocycles. The van der Waals surface area contributed by atoms with Crippen molar-refractivity contribution in [1.29, 1.82) is 0 Å². The maximum atomic E-state index is 5.81. The molecule has 3 rings (SSSR count). The number of pyridine rings is 1. The Morgan fingerprint density at radius 2 is 1.84 bits per heavy atom. The van der Waals surface area contributed by atoms with Crippen LogP contribution >= 0.6 is 0 Å². The van der Waals surface area contributed by atoms with E-state index in [0.717, 1.165) is 22.9 Å². The summed E-state index contributed by atoms with van der Waals surface area (Å²) >= 11 is 0. The molecule has 0 atom stereocenters. The van der Waals surface area contributed by atoms with Crippen molar-refractivity contribution in [3.63, 3.8) is 0 Å². The van der Waals surface area contributed by atoms with E-state index >= 15 is 0 Å². The van der Waals surface area contributed by atoms with Gasteiger partial charge in [-0.15, -0.1) is 0 Å². The van der Waals surface area contributed by atoms with Crippen LogP contribution in [0.5, 0.6) is 0 Å². The summed E-state index contributed by atoms with van der Waals surface area (Å²) in [5, 5.41) is 0. The molecule has 0 aliphatic carbocycles. The SMILES string of the molecule is CC1=[N+](c2ccccc2)COC(c2ccccn2)=C1. The van der Waals surface area contributed by atoms with Crippen LogP contribution in [0.4, 0.5) is 5.69 Å². The van der Waals surface area contributed by atoms with E-state index in [4.69, 9.17) is 4.74 Å². The van der Waals surface area contributed by atoms with Crippen LogP contribution < -0.4 is 0 Å². The lowest BCUT2D eigenvalue weighted by Gasteiger charge is -2.14. The molecule has 0 radical (unpaired) electrons. The Labute approximate surface area is 112 Å². The molecule has 3 nitrogen and oxygen atoms in total. The van der Waals surface area contributed by atoms with Crippen LogP contribution in [0.15, 0.2) is 60.8 Å². The van der Waals surface area contributed by atoms with Crippen molar-refractivity contribution in [1.82, 2.24) is 4.98 Å². The summed E-state index contributed by atoms with van der Waals surface area (Å²) in [4.78, 5) is 4.31. The van der Waals surface area contributed by atoms with E-state index in [2.05, 4.69) is 28.6 Å². The molecule has 0 amide bonds. The fraction of sp³-hybridized carbons (Fsp3) is 0.125. The number of allylic oxidation sites excluding steroid dienone is 1. The highest BCUT2D eigenvalue weighted by molar-refractivity contribution is 5.95. The van der Waals surface area contributed by atoms with E-state index < -0.39 is 0 Å². The zero-order chi connectivity index (χ0) is 13.1. The average Bonchev–Trinajstić information content (AvgIpc) is 2.49. The third-order valence-corrected chi connectivity index (χ3v) is 3.10. The third-order valence-electron chi connectivity index (χ3n) is 3.10. The highest BCUT2D eigenvalue weighted by Crippen LogP contribution is 2.20. The molecular weight excluding hydrogens is 236 g/mol. The molecule has 0 fully saturated rings. The number of nitrogens with zero attached hydrogens (tertiary/aromatic N) is 2. The van der Waals surface area contributed by atoms with Gasteiger partial charge in [0.2, 0.25) is 5.69 Å². The lowest BCUT2D eigenvalue weighted by atomic mass is 10.2. The van der Waals surface area contributed by atoms with Crippen molar-refractivity contribution in [2.45, 2.75) is 6.92 Å². The number of hydrogen-bond donors (Lipinski definition) is 0. The zero-order valence-electron chi connectivity index (χ0n) is 10.8. The summed E-state index contributed by atoms with van der Waals surface area (Å²) in [7, 11) is 0. The van der Waals surface area contributed by atoms with Crippen molar-refractivity contribution >= 4 is 17.2 Å². The Morgan fingerprint density at radius 1 is 1.05 bits per heavy atom. The summed E-state index contributed by atoms with van der Waals surface area (Å²) in [5.41, 5.74) is 3.16. The first-order valence-electron chi connectivity index (χ1n) is 6.26. The van der Waals surface area contributed by atoms with Gasteiger partial charge >= 0.3 is 0 Å². The Hall–Kier alpha value is -2.42. The molecule has 3 heteroatoms. The van der Waals surface area contributed by atoms with Gasteiger partial charge in [0.15, 0.2) is 11.5 Å². The molecule has 94 valence electrons. The van der Waals surface area contributed by atoms with E-state index in [1.165, 1.54) is 0 Å². The van der Waals surface area contributed by atoms with Gasteiger partial charge < -0.3 is 4.74 Å². The first-order chi connectivity index (χ1) is 9.34. The summed E-state index contributed by atoms with van der Waals surface area (Å²) in [5.74, 6) is 0.824. The van der Waals surface area contributed by atoms with E-state index in [-0.39, 0.29) is 0 Å². The highest BCUT2D eigenvalue weighted by Gasteiger charge is 2.20. The van der Waals surface area contributed by atoms with E-state index in [9.17, 15) is 0 Å². The van der Waals surface area contributed by atoms with Gasteiger partial charge in [-0.2, -0.15) is 4.58 Å². The Morgan fingerprint density at radius 3 is 2.53 bits per heavy atom. The molecular formula is C16H15N2O+. The topological polar surface area (TPSA) is 25.1 Å². The predicted octanol–water partition coefficient (Wildman–Crippen LogP) is 3.22. The molecule has 1 aliphatic rings. The number of benzene rings is 1.